The lowest BCUT2D eigenvalue weighted by atomic mass is 10.1. The van der Waals surface area contributed by atoms with Gasteiger partial charge in [0.25, 0.3) is 0 Å². The van der Waals surface area contributed by atoms with Crippen LogP contribution in [-0.2, 0) is 4.79 Å². The van der Waals surface area contributed by atoms with E-state index >= 15 is 0 Å². The Bertz CT molecular complexity index is 950. The van der Waals surface area contributed by atoms with E-state index in [0.717, 1.165) is 21.3 Å². The summed E-state index contributed by atoms with van der Waals surface area (Å²) in [6.45, 7) is 7.57. The molecule has 27 heavy (non-hydrogen) atoms. The minimum atomic E-state index is -0.228. The lowest BCUT2D eigenvalue weighted by molar-refractivity contribution is -0.111. The van der Waals surface area contributed by atoms with E-state index in [4.69, 9.17) is 0 Å². The predicted molar refractivity (Wildman–Crippen MR) is 111 cm³/mol. The van der Waals surface area contributed by atoms with Crippen molar-refractivity contribution in [3.8, 4) is 0 Å². The quantitative estimate of drug-likeness (QED) is 0.462. The third-order valence-electron chi connectivity index (χ3n) is 3.64. The van der Waals surface area contributed by atoms with E-state index in [9.17, 15) is 4.79 Å². The number of aryl methyl sites for hydroxylation is 2. The minimum absolute atomic E-state index is 0.228. The summed E-state index contributed by atoms with van der Waals surface area (Å²) in [6.07, 6.45) is 2.98. The predicted octanol–water partition coefficient (Wildman–Crippen LogP) is 5.11. The van der Waals surface area contributed by atoms with Crippen LogP contribution in [0.2, 0.25) is 0 Å². The molecule has 1 aromatic heterocycles. The molecule has 1 amide bonds. The highest BCUT2D eigenvalue weighted by Gasteiger charge is 2.04. The van der Waals surface area contributed by atoms with Crippen LogP contribution in [0, 0.1) is 13.8 Å². The summed E-state index contributed by atoms with van der Waals surface area (Å²) in [5.74, 6) is 0.327. The number of nitrogens with zero attached hydrogens (tertiary/aromatic N) is 2. The summed E-state index contributed by atoms with van der Waals surface area (Å²) in [5, 5.41) is 6.82. The third-order valence-corrected chi connectivity index (χ3v) is 4.58. The molecule has 0 aliphatic heterocycles. The van der Waals surface area contributed by atoms with Crippen molar-refractivity contribution in [2.24, 2.45) is 0 Å². The Labute approximate surface area is 163 Å². The normalized spacial score (nSPS) is 10.3. The van der Waals surface area contributed by atoms with E-state index in [1.807, 2.05) is 30.3 Å². The Balaban J connectivity index is 1.70. The zero-order valence-corrected chi connectivity index (χ0v) is 16.0. The molecule has 1 heterocycles. The third kappa shape index (κ3) is 5.43. The first-order valence-corrected chi connectivity index (χ1v) is 9.23. The Hall–Kier alpha value is -3.12. The zero-order chi connectivity index (χ0) is 19.2. The lowest BCUT2D eigenvalue weighted by Crippen LogP contribution is -2.06. The largest absolute Gasteiger partial charge is 0.324 e. The number of nitrogens with one attached hydrogen (secondary N) is 2. The minimum Gasteiger partial charge on any atom is -0.324 e. The van der Waals surface area contributed by atoms with Gasteiger partial charge in [-0.15, -0.1) is 0 Å². The van der Waals surface area contributed by atoms with Crippen LogP contribution in [0.15, 0.2) is 77.3 Å². The van der Waals surface area contributed by atoms with E-state index in [2.05, 4.69) is 59.2 Å². The number of carbonyl (C=O) groups is 1. The van der Waals surface area contributed by atoms with Gasteiger partial charge in [0.05, 0.1) is 0 Å². The molecule has 0 unspecified atom stereocenters. The molecule has 3 aromatic rings. The summed E-state index contributed by atoms with van der Waals surface area (Å²) in [4.78, 5) is 21.2. The van der Waals surface area contributed by atoms with Crippen molar-refractivity contribution in [3.63, 3.8) is 0 Å². The zero-order valence-electron chi connectivity index (χ0n) is 15.2. The van der Waals surface area contributed by atoms with Crippen molar-refractivity contribution >= 4 is 35.0 Å². The standard InChI is InChI=1S/C21H20N4OS/c1-4-19(26)23-16-5-7-18(8-6-16)27-20-9-10-22-21(25-20)24-17-12-14(2)11-15(3)13-17/h4-13H,1H2,2-3H3,(H,23,26)(H,22,24,25). The summed E-state index contributed by atoms with van der Waals surface area (Å²) in [5.41, 5.74) is 4.07. The number of rotatable bonds is 6. The Morgan fingerprint density at radius 3 is 2.41 bits per heavy atom. The molecular formula is C21H20N4OS. The lowest BCUT2D eigenvalue weighted by Gasteiger charge is -2.08. The molecule has 3 rings (SSSR count). The van der Waals surface area contributed by atoms with E-state index in [1.165, 1.54) is 29.0 Å². The van der Waals surface area contributed by atoms with Gasteiger partial charge in [-0.2, -0.15) is 0 Å². The molecule has 0 radical (unpaired) electrons. The summed E-state index contributed by atoms with van der Waals surface area (Å²) in [6, 6.07) is 15.7. The topological polar surface area (TPSA) is 66.9 Å². The molecule has 2 aromatic carbocycles. The Morgan fingerprint density at radius 1 is 1.04 bits per heavy atom. The average Bonchev–Trinajstić information content (AvgIpc) is 2.63. The number of hydrogen-bond acceptors (Lipinski definition) is 5. The smallest absolute Gasteiger partial charge is 0.247 e. The molecule has 5 nitrogen and oxygen atoms in total. The molecule has 136 valence electrons. The van der Waals surface area contributed by atoms with Crippen molar-refractivity contribution in [3.05, 3.63) is 78.5 Å². The Kier molecular flexibility index (Phi) is 5.88. The van der Waals surface area contributed by atoms with E-state index in [1.54, 1.807) is 6.20 Å². The van der Waals surface area contributed by atoms with Crippen LogP contribution in [0.4, 0.5) is 17.3 Å². The fourth-order valence-electron chi connectivity index (χ4n) is 2.56. The molecule has 0 aliphatic rings. The number of carbonyl (C=O) groups excluding carboxylic acids is 1. The number of benzene rings is 2. The number of hydrogen-bond donors (Lipinski definition) is 2. The maximum absolute atomic E-state index is 11.3. The van der Waals surface area contributed by atoms with Crippen LogP contribution in [0.3, 0.4) is 0 Å². The highest BCUT2D eigenvalue weighted by Crippen LogP contribution is 2.28. The molecule has 0 spiro atoms. The monoisotopic (exact) mass is 376 g/mol. The van der Waals surface area contributed by atoms with E-state index < -0.39 is 0 Å². The molecule has 0 atom stereocenters. The first-order chi connectivity index (χ1) is 13.0. The van der Waals surface area contributed by atoms with Gasteiger partial charge in [-0.3, -0.25) is 4.79 Å². The maximum atomic E-state index is 11.3. The van der Waals surface area contributed by atoms with Gasteiger partial charge in [0.1, 0.15) is 5.03 Å². The van der Waals surface area contributed by atoms with E-state index in [0.29, 0.717) is 5.95 Å². The van der Waals surface area contributed by atoms with Crippen molar-refractivity contribution < 1.29 is 4.79 Å². The van der Waals surface area contributed by atoms with Gasteiger partial charge >= 0.3 is 0 Å². The first kappa shape index (κ1) is 18.7. The van der Waals surface area contributed by atoms with Crippen LogP contribution in [0.5, 0.6) is 0 Å². The molecule has 0 saturated carbocycles. The molecular weight excluding hydrogens is 356 g/mol. The van der Waals surface area contributed by atoms with Gasteiger partial charge in [0, 0.05) is 22.5 Å². The average molecular weight is 376 g/mol. The number of anilines is 3. The van der Waals surface area contributed by atoms with Crippen LogP contribution in [0.1, 0.15) is 11.1 Å². The summed E-state index contributed by atoms with van der Waals surface area (Å²) < 4.78 is 0. The van der Waals surface area contributed by atoms with Gasteiger partial charge in [-0.25, -0.2) is 9.97 Å². The first-order valence-electron chi connectivity index (χ1n) is 8.41. The van der Waals surface area contributed by atoms with Gasteiger partial charge < -0.3 is 10.6 Å². The molecule has 6 heteroatoms. The molecule has 0 fully saturated rings. The fraction of sp³-hybridized carbons (Fsp3) is 0.0952. The second kappa shape index (κ2) is 8.51. The second-order valence-corrected chi connectivity index (χ2v) is 7.13. The maximum Gasteiger partial charge on any atom is 0.247 e. The van der Waals surface area contributed by atoms with Crippen molar-refractivity contribution in [1.82, 2.24) is 9.97 Å². The van der Waals surface area contributed by atoms with Crippen LogP contribution < -0.4 is 10.6 Å². The van der Waals surface area contributed by atoms with Crippen LogP contribution in [-0.4, -0.2) is 15.9 Å². The summed E-state index contributed by atoms with van der Waals surface area (Å²) >= 11 is 1.53. The van der Waals surface area contributed by atoms with Gasteiger partial charge in [-0.1, -0.05) is 24.4 Å². The van der Waals surface area contributed by atoms with Crippen molar-refractivity contribution in [2.75, 3.05) is 10.6 Å². The van der Waals surface area contributed by atoms with E-state index in [-0.39, 0.29) is 5.91 Å². The van der Waals surface area contributed by atoms with Crippen LogP contribution >= 0.6 is 11.8 Å². The fourth-order valence-corrected chi connectivity index (χ4v) is 3.33. The molecule has 0 saturated heterocycles. The van der Waals surface area contributed by atoms with Crippen molar-refractivity contribution in [2.45, 2.75) is 23.8 Å². The highest BCUT2D eigenvalue weighted by molar-refractivity contribution is 7.99. The molecule has 0 aliphatic carbocycles. The van der Waals surface area contributed by atoms with Gasteiger partial charge in [0.15, 0.2) is 0 Å². The highest BCUT2D eigenvalue weighted by atomic mass is 32.2. The Morgan fingerprint density at radius 2 is 1.74 bits per heavy atom. The van der Waals surface area contributed by atoms with Gasteiger partial charge in [-0.05, 0) is 73.5 Å². The molecule has 2 N–H and O–H groups in total. The number of aromatic nitrogens is 2. The number of amides is 1. The van der Waals surface area contributed by atoms with Gasteiger partial charge in [0.2, 0.25) is 11.9 Å². The summed E-state index contributed by atoms with van der Waals surface area (Å²) in [7, 11) is 0. The second-order valence-electron chi connectivity index (χ2n) is 6.04. The molecule has 0 bridgehead atoms. The van der Waals surface area contributed by atoms with Crippen LogP contribution in [0.25, 0.3) is 0 Å². The van der Waals surface area contributed by atoms with Crippen molar-refractivity contribution in [1.29, 1.82) is 0 Å². The SMILES string of the molecule is C=CC(=O)Nc1ccc(Sc2ccnc(Nc3cc(C)cc(C)c3)n2)cc1.